The highest BCUT2D eigenvalue weighted by molar-refractivity contribution is 5.79. The molecule has 1 aromatic heterocycles. The van der Waals surface area contributed by atoms with E-state index >= 15 is 0 Å². The third-order valence-electron chi connectivity index (χ3n) is 1.97. The Morgan fingerprint density at radius 3 is 2.78 bits per heavy atom. The maximum Gasteiger partial charge on any atom is 0.306 e. The molecule has 6 nitrogen and oxygen atoms in total. The summed E-state index contributed by atoms with van der Waals surface area (Å²) >= 11 is 0. The second-order valence-corrected chi connectivity index (χ2v) is 4.88. The first kappa shape index (κ1) is 14.2. The number of esters is 1. The zero-order chi connectivity index (χ0) is 13.6. The molecule has 0 atom stereocenters. The van der Waals surface area contributed by atoms with E-state index in [4.69, 9.17) is 10.5 Å². The quantitative estimate of drug-likeness (QED) is 0.377. The Morgan fingerprint density at radius 2 is 2.22 bits per heavy atom. The van der Waals surface area contributed by atoms with E-state index in [2.05, 4.69) is 10.1 Å². The Labute approximate surface area is 107 Å². The highest BCUT2D eigenvalue weighted by Gasteiger charge is 2.15. The standard InChI is InChI=1S/C12H20N4O2/c1-12(2,3)18-10(17)6-4-7-14-11(13)16-9-5-8-15-16/h5,8-9H,4,6-7H2,1-3H3,(H2,13,14). The molecule has 18 heavy (non-hydrogen) atoms. The first-order chi connectivity index (χ1) is 8.38. The maximum absolute atomic E-state index is 11.4. The van der Waals surface area contributed by atoms with Gasteiger partial charge in [0.05, 0.1) is 0 Å². The lowest BCUT2D eigenvalue weighted by Crippen LogP contribution is -2.24. The molecule has 1 aromatic rings. The van der Waals surface area contributed by atoms with E-state index in [9.17, 15) is 4.79 Å². The zero-order valence-corrected chi connectivity index (χ0v) is 11.1. The van der Waals surface area contributed by atoms with Crippen molar-refractivity contribution in [1.82, 2.24) is 9.78 Å². The molecular formula is C12H20N4O2. The average molecular weight is 252 g/mol. The van der Waals surface area contributed by atoms with Gasteiger partial charge in [0.15, 0.2) is 0 Å². The molecule has 0 aliphatic heterocycles. The van der Waals surface area contributed by atoms with Crippen LogP contribution in [0.3, 0.4) is 0 Å². The minimum absolute atomic E-state index is 0.213. The van der Waals surface area contributed by atoms with Crippen LogP contribution in [0.4, 0.5) is 0 Å². The number of carbonyl (C=O) groups excluding carboxylic acids is 1. The van der Waals surface area contributed by atoms with Gasteiger partial charge in [-0.25, -0.2) is 4.68 Å². The number of hydrogen-bond acceptors (Lipinski definition) is 4. The Morgan fingerprint density at radius 1 is 1.50 bits per heavy atom. The molecule has 6 heteroatoms. The molecule has 0 saturated heterocycles. The molecular weight excluding hydrogens is 232 g/mol. The van der Waals surface area contributed by atoms with Crippen molar-refractivity contribution < 1.29 is 9.53 Å². The summed E-state index contributed by atoms with van der Waals surface area (Å²) in [5, 5.41) is 3.95. The van der Waals surface area contributed by atoms with E-state index in [0.717, 1.165) is 0 Å². The van der Waals surface area contributed by atoms with Gasteiger partial charge in [-0.15, -0.1) is 0 Å². The van der Waals surface area contributed by atoms with E-state index in [-0.39, 0.29) is 5.97 Å². The molecule has 0 fully saturated rings. The minimum Gasteiger partial charge on any atom is -0.460 e. The lowest BCUT2D eigenvalue weighted by Gasteiger charge is -2.19. The zero-order valence-electron chi connectivity index (χ0n) is 11.1. The lowest BCUT2D eigenvalue weighted by atomic mass is 10.2. The summed E-state index contributed by atoms with van der Waals surface area (Å²) in [5.41, 5.74) is 5.26. The van der Waals surface area contributed by atoms with Crippen molar-refractivity contribution >= 4 is 11.9 Å². The maximum atomic E-state index is 11.4. The molecule has 0 saturated carbocycles. The molecule has 0 aliphatic carbocycles. The summed E-state index contributed by atoms with van der Waals surface area (Å²) in [7, 11) is 0. The number of carbonyl (C=O) groups is 1. The molecule has 1 heterocycles. The molecule has 0 spiro atoms. The van der Waals surface area contributed by atoms with Crippen LogP contribution in [0.2, 0.25) is 0 Å². The van der Waals surface area contributed by atoms with Gasteiger partial charge in [-0.3, -0.25) is 9.79 Å². The number of aromatic nitrogens is 2. The van der Waals surface area contributed by atoms with Crippen LogP contribution in [-0.2, 0) is 9.53 Å². The second-order valence-electron chi connectivity index (χ2n) is 4.88. The molecule has 0 aromatic carbocycles. The van der Waals surface area contributed by atoms with Crippen LogP contribution in [0.15, 0.2) is 23.5 Å². The molecule has 2 N–H and O–H groups in total. The number of aliphatic imine (C=N–C) groups is 1. The minimum atomic E-state index is -0.436. The SMILES string of the molecule is CC(C)(C)OC(=O)CCCN=C(N)n1cccn1. The van der Waals surface area contributed by atoms with Crippen LogP contribution >= 0.6 is 0 Å². The van der Waals surface area contributed by atoms with Crippen molar-refractivity contribution in [3.8, 4) is 0 Å². The van der Waals surface area contributed by atoms with Gasteiger partial charge in [0, 0.05) is 25.4 Å². The van der Waals surface area contributed by atoms with Gasteiger partial charge in [0.25, 0.3) is 0 Å². The van der Waals surface area contributed by atoms with E-state index < -0.39 is 5.60 Å². The van der Waals surface area contributed by atoms with Crippen LogP contribution in [-0.4, -0.2) is 33.9 Å². The highest BCUT2D eigenvalue weighted by atomic mass is 16.6. The smallest absolute Gasteiger partial charge is 0.306 e. The third kappa shape index (κ3) is 5.47. The monoisotopic (exact) mass is 252 g/mol. The molecule has 1 rings (SSSR count). The van der Waals surface area contributed by atoms with Gasteiger partial charge >= 0.3 is 5.97 Å². The van der Waals surface area contributed by atoms with Gasteiger partial charge in [0.1, 0.15) is 5.60 Å². The van der Waals surface area contributed by atoms with E-state index in [1.807, 2.05) is 20.8 Å². The summed E-state index contributed by atoms with van der Waals surface area (Å²) in [6, 6.07) is 1.77. The summed E-state index contributed by atoms with van der Waals surface area (Å²) in [5.74, 6) is 0.111. The van der Waals surface area contributed by atoms with Crippen molar-refractivity contribution in [2.75, 3.05) is 6.54 Å². The average Bonchev–Trinajstić information content (AvgIpc) is 2.74. The summed E-state index contributed by atoms with van der Waals surface area (Å²) in [4.78, 5) is 15.5. The highest BCUT2D eigenvalue weighted by Crippen LogP contribution is 2.08. The van der Waals surface area contributed by atoms with E-state index in [0.29, 0.717) is 25.3 Å². The fraction of sp³-hybridized carbons (Fsp3) is 0.583. The van der Waals surface area contributed by atoms with Crippen molar-refractivity contribution in [2.24, 2.45) is 10.7 Å². The fourth-order valence-corrected chi connectivity index (χ4v) is 1.29. The van der Waals surface area contributed by atoms with E-state index in [1.165, 1.54) is 4.68 Å². The predicted octanol–water partition coefficient (Wildman–Crippen LogP) is 1.17. The van der Waals surface area contributed by atoms with Crippen molar-refractivity contribution in [1.29, 1.82) is 0 Å². The molecule has 0 amide bonds. The van der Waals surface area contributed by atoms with Crippen molar-refractivity contribution in [2.45, 2.75) is 39.2 Å². The Hall–Kier alpha value is -1.85. The van der Waals surface area contributed by atoms with Gasteiger partial charge in [-0.1, -0.05) is 0 Å². The van der Waals surface area contributed by atoms with Gasteiger partial charge in [0.2, 0.25) is 5.96 Å². The normalized spacial score (nSPS) is 12.5. The number of ether oxygens (including phenoxy) is 1. The van der Waals surface area contributed by atoms with Crippen LogP contribution in [0.25, 0.3) is 0 Å². The fourth-order valence-electron chi connectivity index (χ4n) is 1.29. The Bertz CT molecular complexity index is 404. The second kappa shape index (κ2) is 6.18. The molecule has 0 radical (unpaired) electrons. The van der Waals surface area contributed by atoms with Gasteiger partial charge in [-0.05, 0) is 33.3 Å². The number of nitrogens with two attached hydrogens (primary N) is 1. The van der Waals surface area contributed by atoms with E-state index in [1.54, 1.807) is 18.5 Å². The summed E-state index contributed by atoms with van der Waals surface area (Å²) in [6.45, 7) is 6.02. The predicted molar refractivity (Wildman–Crippen MR) is 69.2 cm³/mol. The van der Waals surface area contributed by atoms with Crippen LogP contribution in [0.1, 0.15) is 33.6 Å². The molecule has 0 bridgehead atoms. The first-order valence-corrected chi connectivity index (χ1v) is 5.90. The molecule has 0 unspecified atom stereocenters. The van der Waals surface area contributed by atoms with Crippen molar-refractivity contribution in [3.63, 3.8) is 0 Å². The molecule has 100 valence electrons. The number of nitrogens with zero attached hydrogens (tertiary/aromatic N) is 3. The van der Waals surface area contributed by atoms with Crippen LogP contribution in [0, 0.1) is 0 Å². The van der Waals surface area contributed by atoms with Gasteiger partial charge in [-0.2, -0.15) is 5.10 Å². The van der Waals surface area contributed by atoms with Crippen LogP contribution in [0.5, 0.6) is 0 Å². The largest absolute Gasteiger partial charge is 0.460 e. The molecule has 0 aliphatic rings. The van der Waals surface area contributed by atoms with Crippen LogP contribution < -0.4 is 5.73 Å². The topological polar surface area (TPSA) is 82.5 Å². The van der Waals surface area contributed by atoms with Crippen molar-refractivity contribution in [3.05, 3.63) is 18.5 Å². The Kier molecular flexibility index (Phi) is 4.88. The first-order valence-electron chi connectivity index (χ1n) is 5.90. The summed E-state index contributed by atoms with van der Waals surface area (Å²) in [6.07, 6.45) is 4.29. The third-order valence-corrected chi connectivity index (χ3v) is 1.97. The number of rotatable bonds is 4. The van der Waals surface area contributed by atoms with Gasteiger partial charge < -0.3 is 10.5 Å². The number of hydrogen-bond donors (Lipinski definition) is 1. The summed E-state index contributed by atoms with van der Waals surface area (Å²) < 4.78 is 6.66. The lowest BCUT2D eigenvalue weighted by molar-refractivity contribution is -0.154. The Balaban J connectivity index is 2.27.